The second-order valence-corrected chi connectivity index (χ2v) is 10.4. The Labute approximate surface area is 241 Å². The van der Waals surface area contributed by atoms with Crippen LogP contribution in [0, 0.1) is 10.1 Å². The summed E-state index contributed by atoms with van der Waals surface area (Å²) in [5, 5.41) is 11.8. The molecule has 0 saturated carbocycles. The fourth-order valence-corrected chi connectivity index (χ4v) is 5.95. The SMILES string of the molecule is COC(C)Cc1ccc(C(=O)N2CCN(C(c3ccccc3)(c3ccccc3)c3ccccc3)CC2)cc1[N+](=O)[O-]. The summed E-state index contributed by atoms with van der Waals surface area (Å²) in [5.74, 6) is -0.191. The number of nitrogens with zero attached hydrogens (tertiary/aromatic N) is 3. The van der Waals surface area contributed by atoms with Gasteiger partial charge in [0.2, 0.25) is 0 Å². The second-order valence-electron chi connectivity index (χ2n) is 10.4. The average Bonchev–Trinajstić information content (AvgIpc) is 3.03. The number of hydrogen-bond acceptors (Lipinski definition) is 5. The maximum absolute atomic E-state index is 13.6. The van der Waals surface area contributed by atoms with E-state index in [2.05, 4.69) is 77.7 Å². The van der Waals surface area contributed by atoms with Gasteiger partial charge in [-0.2, -0.15) is 0 Å². The number of nitro benzene ring substituents is 1. The summed E-state index contributed by atoms with van der Waals surface area (Å²) in [4.78, 5) is 29.3. The molecule has 1 amide bonds. The molecule has 5 rings (SSSR count). The molecular weight excluding hydrogens is 514 g/mol. The third-order valence-corrected chi connectivity index (χ3v) is 8.05. The average molecular weight is 550 g/mol. The molecule has 41 heavy (non-hydrogen) atoms. The minimum Gasteiger partial charge on any atom is -0.381 e. The van der Waals surface area contributed by atoms with E-state index in [0.717, 1.165) is 16.7 Å². The van der Waals surface area contributed by atoms with E-state index >= 15 is 0 Å². The molecule has 7 nitrogen and oxygen atoms in total. The number of methoxy groups -OCH3 is 1. The van der Waals surface area contributed by atoms with Crippen molar-refractivity contribution in [2.75, 3.05) is 33.3 Å². The molecule has 1 unspecified atom stereocenters. The molecule has 1 aliphatic rings. The molecule has 210 valence electrons. The van der Waals surface area contributed by atoms with Gasteiger partial charge in [0.1, 0.15) is 0 Å². The van der Waals surface area contributed by atoms with Gasteiger partial charge in [0.15, 0.2) is 0 Å². The highest BCUT2D eigenvalue weighted by molar-refractivity contribution is 5.95. The Bertz CT molecular complexity index is 1370. The zero-order valence-corrected chi connectivity index (χ0v) is 23.5. The Morgan fingerprint density at radius 3 is 1.76 bits per heavy atom. The lowest BCUT2D eigenvalue weighted by Gasteiger charge is -2.49. The molecule has 0 aromatic heterocycles. The molecule has 4 aromatic rings. The van der Waals surface area contributed by atoms with Crippen molar-refractivity contribution in [1.82, 2.24) is 9.80 Å². The van der Waals surface area contributed by atoms with Crippen molar-refractivity contribution in [3.05, 3.63) is 147 Å². The predicted molar refractivity (Wildman–Crippen MR) is 160 cm³/mol. The van der Waals surface area contributed by atoms with Gasteiger partial charge in [-0.15, -0.1) is 0 Å². The molecule has 0 aliphatic carbocycles. The summed E-state index contributed by atoms with van der Waals surface area (Å²) in [6.07, 6.45) is 0.239. The van der Waals surface area contributed by atoms with Gasteiger partial charge in [0.05, 0.1) is 16.6 Å². The zero-order chi connectivity index (χ0) is 28.8. The van der Waals surface area contributed by atoms with E-state index in [1.165, 1.54) is 6.07 Å². The number of nitro groups is 1. The number of carbonyl (C=O) groups excluding carboxylic acids is 1. The summed E-state index contributed by atoms with van der Waals surface area (Å²) in [6, 6.07) is 36.3. The lowest BCUT2D eigenvalue weighted by molar-refractivity contribution is -0.385. The van der Waals surface area contributed by atoms with Crippen molar-refractivity contribution in [2.45, 2.75) is 25.0 Å². The fraction of sp³-hybridized carbons (Fsp3) is 0.265. The smallest absolute Gasteiger partial charge is 0.273 e. The van der Waals surface area contributed by atoms with Crippen LogP contribution in [0.4, 0.5) is 5.69 Å². The van der Waals surface area contributed by atoms with Crippen LogP contribution in [0.15, 0.2) is 109 Å². The summed E-state index contributed by atoms with van der Waals surface area (Å²) in [7, 11) is 1.58. The molecule has 1 fully saturated rings. The van der Waals surface area contributed by atoms with E-state index < -0.39 is 10.5 Å². The monoisotopic (exact) mass is 549 g/mol. The summed E-state index contributed by atoms with van der Waals surface area (Å²) in [6.45, 7) is 4.14. The van der Waals surface area contributed by atoms with Gasteiger partial charge in [0.25, 0.3) is 11.6 Å². The quantitative estimate of drug-likeness (QED) is 0.147. The molecular formula is C34H35N3O4. The lowest BCUT2D eigenvalue weighted by atomic mass is 9.75. The Hall–Kier alpha value is -4.33. The van der Waals surface area contributed by atoms with Gasteiger partial charge in [-0.05, 0) is 29.7 Å². The van der Waals surface area contributed by atoms with E-state index in [1.807, 2.05) is 25.1 Å². The first-order valence-corrected chi connectivity index (χ1v) is 14.0. The molecule has 0 N–H and O–H groups in total. The molecule has 4 aromatic carbocycles. The lowest BCUT2D eigenvalue weighted by Crippen LogP contribution is -2.57. The first kappa shape index (κ1) is 28.2. The van der Waals surface area contributed by atoms with Crippen molar-refractivity contribution >= 4 is 11.6 Å². The first-order chi connectivity index (χ1) is 19.9. The molecule has 7 heteroatoms. The second kappa shape index (κ2) is 12.5. The van der Waals surface area contributed by atoms with E-state index in [4.69, 9.17) is 4.74 Å². The van der Waals surface area contributed by atoms with Crippen LogP contribution in [-0.2, 0) is 16.7 Å². The van der Waals surface area contributed by atoms with Crippen LogP contribution in [0.1, 0.15) is 39.5 Å². The van der Waals surface area contributed by atoms with E-state index in [9.17, 15) is 14.9 Å². The zero-order valence-electron chi connectivity index (χ0n) is 23.5. The topological polar surface area (TPSA) is 75.9 Å². The molecule has 1 saturated heterocycles. The number of amides is 1. The molecule has 1 atom stereocenters. The van der Waals surface area contributed by atoms with Gasteiger partial charge < -0.3 is 9.64 Å². The minimum atomic E-state index is -0.544. The van der Waals surface area contributed by atoms with Crippen molar-refractivity contribution < 1.29 is 14.5 Å². The van der Waals surface area contributed by atoms with Crippen molar-refractivity contribution in [3.8, 4) is 0 Å². The number of rotatable bonds is 9. The van der Waals surface area contributed by atoms with E-state index in [-0.39, 0.29) is 17.7 Å². The standard InChI is InChI=1S/C34H35N3O4/c1-26(41-2)24-27-18-19-28(25-32(27)37(39)40)33(38)35-20-22-36(23-21-35)34(29-12-6-3-7-13-29,30-14-8-4-9-15-30)31-16-10-5-11-17-31/h3-19,25-26H,20-24H2,1-2H3. The van der Waals surface area contributed by atoms with Crippen LogP contribution >= 0.6 is 0 Å². The minimum absolute atomic E-state index is 0.0466. The maximum atomic E-state index is 13.6. The highest BCUT2D eigenvalue weighted by Gasteiger charge is 2.43. The first-order valence-electron chi connectivity index (χ1n) is 14.0. The molecule has 0 bridgehead atoms. The van der Waals surface area contributed by atoms with Crippen molar-refractivity contribution in [3.63, 3.8) is 0 Å². The third kappa shape index (κ3) is 5.64. The Morgan fingerprint density at radius 2 is 1.32 bits per heavy atom. The highest BCUT2D eigenvalue weighted by atomic mass is 16.6. The molecule has 0 radical (unpaired) electrons. The van der Waals surface area contributed by atoms with Gasteiger partial charge in [-0.25, -0.2) is 0 Å². The Kier molecular flexibility index (Phi) is 8.57. The summed E-state index contributed by atoms with van der Waals surface area (Å²) in [5.41, 5.74) is 3.78. The fourth-order valence-electron chi connectivity index (χ4n) is 5.95. The van der Waals surface area contributed by atoms with Crippen LogP contribution in [0.3, 0.4) is 0 Å². The van der Waals surface area contributed by atoms with Crippen LogP contribution in [-0.4, -0.2) is 60.0 Å². The molecule has 1 heterocycles. The Balaban J connectivity index is 1.46. The normalized spacial score (nSPS) is 14.9. The summed E-state index contributed by atoms with van der Waals surface area (Å²) < 4.78 is 5.29. The number of hydrogen-bond donors (Lipinski definition) is 0. The van der Waals surface area contributed by atoms with Crippen LogP contribution in [0.2, 0.25) is 0 Å². The largest absolute Gasteiger partial charge is 0.381 e. The van der Waals surface area contributed by atoms with Crippen LogP contribution in [0.25, 0.3) is 0 Å². The number of benzene rings is 4. The number of piperazine rings is 1. The summed E-state index contributed by atoms with van der Waals surface area (Å²) >= 11 is 0. The number of carbonyl (C=O) groups is 1. The van der Waals surface area contributed by atoms with Crippen LogP contribution in [0.5, 0.6) is 0 Å². The van der Waals surface area contributed by atoms with E-state index in [0.29, 0.717) is 43.7 Å². The van der Waals surface area contributed by atoms with E-state index in [1.54, 1.807) is 24.1 Å². The van der Waals surface area contributed by atoms with Gasteiger partial charge in [-0.3, -0.25) is 19.8 Å². The predicted octanol–water partition coefficient (Wildman–Crippen LogP) is 5.92. The molecule has 0 spiro atoms. The van der Waals surface area contributed by atoms with Crippen molar-refractivity contribution in [1.29, 1.82) is 0 Å². The van der Waals surface area contributed by atoms with Gasteiger partial charge in [0, 0.05) is 56.9 Å². The molecule has 1 aliphatic heterocycles. The third-order valence-electron chi connectivity index (χ3n) is 8.05. The number of ether oxygens (including phenoxy) is 1. The highest BCUT2D eigenvalue weighted by Crippen LogP contribution is 2.42. The maximum Gasteiger partial charge on any atom is 0.273 e. The van der Waals surface area contributed by atoms with Gasteiger partial charge >= 0.3 is 0 Å². The van der Waals surface area contributed by atoms with Crippen molar-refractivity contribution in [2.24, 2.45) is 0 Å². The van der Waals surface area contributed by atoms with Gasteiger partial charge in [-0.1, -0.05) is 97.1 Å². The Morgan fingerprint density at radius 1 is 0.829 bits per heavy atom. The van der Waals surface area contributed by atoms with Crippen LogP contribution < -0.4 is 0 Å².